The highest BCUT2D eigenvalue weighted by Crippen LogP contribution is 2.48. The number of aliphatic hydroxyl groups excluding tert-OH is 1. The summed E-state index contributed by atoms with van der Waals surface area (Å²) in [6, 6.07) is 40.6. The second kappa shape index (κ2) is 9.31. The van der Waals surface area contributed by atoms with Gasteiger partial charge in [-0.05, 0) is 53.6 Å². The number of ketones is 1. The molecule has 0 saturated carbocycles. The first-order chi connectivity index (χ1) is 22.3. The van der Waals surface area contributed by atoms with Crippen LogP contribution in [0.1, 0.15) is 30.5 Å². The Hall–Kier alpha value is -5.88. The van der Waals surface area contributed by atoms with Crippen LogP contribution in [0.2, 0.25) is 0 Å². The lowest BCUT2D eigenvalue weighted by atomic mass is 9.79. The number of nitrogens with one attached hydrogen (secondary N) is 4. The molecule has 0 bridgehead atoms. The van der Waals surface area contributed by atoms with Gasteiger partial charge >= 0.3 is 0 Å². The van der Waals surface area contributed by atoms with Crippen molar-refractivity contribution >= 4 is 55.5 Å². The molecular formula is C40H31N4O2+. The Morgan fingerprint density at radius 2 is 1.24 bits per heavy atom. The van der Waals surface area contributed by atoms with E-state index < -0.39 is 11.3 Å². The van der Waals surface area contributed by atoms with Gasteiger partial charge in [-0.25, -0.2) is 4.99 Å². The molecule has 6 aromatic rings. The van der Waals surface area contributed by atoms with E-state index in [2.05, 4.69) is 83.3 Å². The predicted octanol–water partition coefficient (Wildman–Crippen LogP) is 5.40. The summed E-state index contributed by atoms with van der Waals surface area (Å²) >= 11 is 0. The molecular weight excluding hydrogens is 568 g/mol. The average molecular weight is 600 g/mol. The van der Waals surface area contributed by atoms with Crippen molar-refractivity contribution in [3.8, 4) is 0 Å². The van der Waals surface area contributed by atoms with Crippen LogP contribution >= 0.6 is 0 Å². The van der Waals surface area contributed by atoms with Crippen molar-refractivity contribution in [2.24, 2.45) is 0 Å². The van der Waals surface area contributed by atoms with Crippen molar-refractivity contribution in [2.45, 2.75) is 25.2 Å². The summed E-state index contributed by atoms with van der Waals surface area (Å²) in [7, 11) is 0. The molecule has 0 fully saturated rings. The standard InChI is InChI=1S/C40H30N4O2/c1-39(25-13-5-3-6-14-25)41-29-17-9-11-23-19-21-27(35(43-39)31(23)29)33-37(45)34(38(33)46)28-22-20-24-12-10-18-30-32(24)36(28)44-40(2,42-30)26-15-7-4-8-16-26/h3-22,41-43,45H,1-2H3/p+1/b34-28+. The van der Waals surface area contributed by atoms with Gasteiger partial charge in [-0.1, -0.05) is 91.0 Å². The maximum absolute atomic E-state index is 14.3. The van der Waals surface area contributed by atoms with E-state index in [-0.39, 0.29) is 11.5 Å². The van der Waals surface area contributed by atoms with E-state index in [1.165, 1.54) is 0 Å². The molecule has 9 rings (SSSR count). The summed E-state index contributed by atoms with van der Waals surface area (Å²) in [5.41, 5.74) is 4.96. The van der Waals surface area contributed by atoms with Crippen molar-refractivity contribution in [1.29, 1.82) is 0 Å². The second-order valence-electron chi connectivity index (χ2n) is 12.7. The van der Waals surface area contributed by atoms with Crippen LogP contribution in [0.4, 0.5) is 17.1 Å². The number of Topliss-reactive ketones (excluding diaryl/α,β-unsaturated/α-hetero) is 1. The number of allylic oxidation sites excluding steroid dienone is 2. The van der Waals surface area contributed by atoms with Gasteiger partial charge < -0.3 is 21.1 Å². The van der Waals surface area contributed by atoms with Crippen LogP contribution in [0.15, 0.2) is 127 Å². The molecule has 6 heteroatoms. The van der Waals surface area contributed by atoms with Crippen LogP contribution in [-0.2, 0) is 16.1 Å². The molecule has 2 unspecified atom stereocenters. The Labute approximate surface area is 265 Å². The zero-order valence-corrected chi connectivity index (χ0v) is 25.4. The van der Waals surface area contributed by atoms with Gasteiger partial charge in [-0.15, -0.1) is 0 Å². The molecule has 46 heavy (non-hydrogen) atoms. The number of rotatable bonds is 3. The van der Waals surface area contributed by atoms with Crippen LogP contribution in [0, 0.1) is 0 Å². The molecule has 0 spiro atoms. The third kappa shape index (κ3) is 3.64. The maximum Gasteiger partial charge on any atom is 0.258 e. The number of carbonyl (C=O) groups excluding carboxylic acids is 1. The monoisotopic (exact) mass is 599 g/mol. The summed E-state index contributed by atoms with van der Waals surface area (Å²) < 4.78 is 0. The quantitative estimate of drug-likeness (QED) is 0.188. The van der Waals surface area contributed by atoms with Crippen LogP contribution in [-0.4, -0.2) is 10.9 Å². The molecule has 6 nitrogen and oxygen atoms in total. The molecule has 0 saturated heterocycles. The predicted molar refractivity (Wildman–Crippen MR) is 184 cm³/mol. The summed E-state index contributed by atoms with van der Waals surface area (Å²) in [5, 5.41) is 28.5. The number of carbonyl (C=O) groups is 1. The smallest absolute Gasteiger partial charge is 0.258 e. The molecule has 6 aromatic carbocycles. The molecule has 0 aromatic heterocycles. The van der Waals surface area contributed by atoms with E-state index in [4.69, 9.17) is 0 Å². The van der Waals surface area contributed by atoms with Crippen molar-refractivity contribution < 1.29 is 14.9 Å². The largest absolute Gasteiger partial charge is 0.506 e. The molecule has 2 heterocycles. The van der Waals surface area contributed by atoms with E-state index in [0.29, 0.717) is 21.9 Å². The maximum atomic E-state index is 14.3. The molecule has 222 valence electrons. The van der Waals surface area contributed by atoms with E-state index in [1.54, 1.807) is 0 Å². The summed E-state index contributed by atoms with van der Waals surface area (Å²) in [4.78, 5) is 18.0. The number of hydrogen-bond acceptors (Lipinski definition) is 5. The Balaban J connectivity index is 1.28. The van der Waals surface area contributed by atoms with Gasteiger partial charge in [0, 0.05) is 29.1 Å². The van der Waals surface area contributed by atoms with E-state index in [0.717, 1.165) is 55.1 Å². The number of hydrogen-bond donors (Lipinski definition) is 5. The fourth-order valence-electron chi connectivity index (χ4n) is 7.48. The first-order valence-corrected chi connectivity index (χ1v) is 15.6. The minimum Gasteiger partial charge on any atom is -0.506 e. The Kier molecular flexibility index (Phi) is 5.37. The van der Waals surface area contributed by atoms with Crippen LogP contribution in [0.5, 0.6) is 0 Å². The second-order valence-corrected chi connectivity index (χ2v) is 12.7. The van der Waals surface area contributed by atoms with Gasteiger partial charge in [0.25, 0.3) is 5.66 Å². The zero-order valence-electron chi connectivity index (χ0n) is 25.4. The van der Waals surface area contributed by atoms with Gasteiger partial charge in [0.2, 0.25) is 11.1 Å². The molecule has 0 radical (unpaired) electrons. The molecule has 2 aliphatic heterocycles. The third-order valence-electron chi connectivity index (χ3n) is 9.78. The average Bonchev–Trinajstić information content (AvgIpc) is 3.08. The van der Waals surface area contributed by atoms with Gasteiger partial charge in [-0.3, -0.25) is 4.79 Å². The fourth-order valence-corrected chi connectivity index (χ4v) is 7.48. The summed E-state index contributed by atoms with van der Waals surface area (Å²) in [6.45, 7) is 4.19. The SMILES string of the molecule is CC1(c2ccccc2)Nc2cccc3ccc(C4=C(O)/C(=c5/ccc6cccc7c6c5=[NH+]C(C)(c5ccccc5)N7)C4=O)c(c23)N1. The number of benzene rings is 6. The van der Waals surface area contributed by atoms with Crippen molar-refractivity contribution in [2.75, 3.05) is 16.0 Å². The lowest BCUT2D eigenvalue weighted by molar-refractivity contribution is -0.588. The van der Waals surface area contributed by atoms with Crippen LogP contribution in [0.3, 0.4) is 0 Å². The van der Waals surface area contributed by atoms with Gasteiger partial charge in [0.05, 0.1) is 33.1 Å². The first kappa shape index (κ1) is 26.5. The molecule has 2 atom stereocenters. The Bertz CT molecular complexity index is 2450. The Morgan fingerprint density at radius 3 is 1.93 bits per heavy atom. The highest BCUT2D eigenvalue weighted by atomic mass is 16.3. The topological polar surface area (TPSA) is 87.4 Å². The minimum atomic E-state index is -0.633. The molecule has 1 aliphatic carbocycles. The Morgan fingerprint density at radius 1 is 0.609 bits per heavy atom. The summed E-state index contributed by atoms with van der Waals surface area (Å²) in [5.74, 6) is -0.170. The molecule has 0 amide bonds. The zero-order chi connectivity index (χ0) is 31.2. The lowest BCUT2D eigenvalue weighted by Gasteiger charge is -2.40. The van der Waals surface area contributed by atoms with E-state index in [1.807, 2.05) is 72.8 Å². The normalized spacial score (nSPS) is 22.4. The molecule has 5 N–H and O–H groups in total. The van der Waals surface area contributed by atoms with Gasteiger partial charge in [0.15, 0.2) is 0 Å². The number of aliphatic hydroxyl groups is 1. The first-order valence-electron chi connectivity index (χ1n) is 15.6. The van der Waals surface area contributed by atoms with Crippen molar-refractivity contribution in [3.05, 3.63) is 154 Å². The summed E-state index contributed by atoms with van der Waals surface area (Å²) in [6.07, 6.45) is 0. The van der Waals surface area contributed by atoms with Crippen molar-refractivity contribution in [1.82, 2.24) is 0 Å². The highest BCUT2D eigenvalue weighted by molar-refractivity contribution is 6.52. The fraction of sp³-hybridized carbons (Fsp3) is 0.100. The van der Waals surface area contributed by atoms with Crippen molar-refractivity contribution in [3.63, 3.8) is 0 Å². The number of anilines is 3. The third-order valence-corrected chi connectivity index (χ3v) is 9.78. The van der Waals surface area contributed by atoms with Gasteiger partial charge in [0.1, 0.15) is 11.4 Å². The highest BCUT2D eigenvalue weighted by Gasteiger charge is 2.42. The van der Waals surface area contributed by atoms with Crippen LogP contribution in [0.25, 0.3) is 32.7 Å². The lowest BCUT2D eigenvalue weighted by Crippen LogP contribution is -2.93. The van der Waals surface area contributed by atoms with Gasteiger partial charge in [-0.2, -0.15) is 0 Å². The van der Waals surface area contributed by atoms with Crippen LogP contribution < -0.4 is 31.5 Å². The minimum absolute atomic E-state index is 0.00894. The van der Waals surface area contributed by atoms with E-state index >= 15 is 0 Å². The molecule has 3 aliphatic rings. The van der Waals surface area contributed by atoms with E-state index in [9.17, 15) is 9.90 Å².